The molecule has 1 aromatic heterocycles. The second-order valence-electron chi connectivity index (χ2n) is 5.92. The van der Waals surface area contributed by atoms with Crippen molar-refractivity contribution in [3.63, 3.8) is 0 Å². The smallest absolute Gasteiger partial charge is 0.328 e. The molecule has 2 N–H and O–H groups in total. The van der Waals surface area contributed by atoms with Gasteiger partial charge in [-0.15, -0.1) is 12.4 Å². The number of carbonyl (C=O) groups is 1. The molecule has 0 aliphatic rings. The van der Waals surface area contributed by atoms with Gasteiger partial charge in [-0.1, -0.05) is 32.4 Å². The molecule has 3 rings (SSSR count). The zero-order chi connectivity index (χ0) is 17.3. The fourth-order valence-corrected chi connectivity index (χ4v) is 2.52. The van der Waals surface area contributed by atoms with Crippen LogP contribution in [0.3, 0.4) is 0 Å². The third kappa shape index (κ3) is 3.67. The first-order valence-electron chi connectivity index (χ1n) is 7.94. The second kappa shape index (κ2) is 7.68. The lowest BCUT2D eigenvalue weighted by Crippen LogP contribution is -2.39. The summed E-state index contributed by atoms with van der Waals surface area (Å²) in [5.41, 5.74) is 6.64. The highest BCUT2D eigenvalue weighted by molar-refractivity contribution is 5.90. The van der Waals surface area contributed by atoms with Crippen LogP contribution in [-0.4, -0.2) is 12.0 Å². The van der Waals surface area contributed by atoms with Crippen LogP contribution < -0.4 is 15.9 Å². The van der Waals surface area contributed by atoms with Crippen LogP contribution in [0, 0.1) is 5.92 Å². The molecule has 0 aliphatic carbocycles. The lowest BCUT2D eigenvalue weighted by atomic mass is 10.0. The Morgan fingerprint density at radius 1 is 1.16 bits per heavy atom. The number of hydrogen-bond acceptors (Lipinski definition) is 5. The van der Waals surface area contributed by atoms with Crippen LogP contribution in [0.2, 0.25) is 0 Å². The van der Waals surface area contributed by atoms with E-state index in [4.69, 9.17) is 14.9 Å². The van der Waals surface area contributed by atoms with E-state index in [1.807, 2.05) is 13.8 Å². The van der Waals surface area contributed by atoms with Gasteiger partial charge in [-0.2, -0.15) is 0 Å². The minimum Gasteiger partial charge on any atom is -0.456 e. The quantitative estimate of drug-likeness (QED) is 0.435. The fraction of sp³-hybridized carbons (Fsp3) is 0.263. The maximum atomic E-state index is 12.5. The number of carbonyl (C=O) groups excluding carboxylic acids is 1. The van der Waals surface area contributed by atoms with E-state index < -0.39 is 12.0 Å². The highest BCUT2D eigenvalue weighted by atomic mass is 35.5. The zero-order valence-corrected chi connectivity index (χ0v) is 14.8. The van der Waals surface area contributed by atoms with Crippen molar-refractivity contribution in [1.82, 2.24) is 0 Å². The summed E-state index contributed by atoms with van der Waals surface area (Å²) in [6.45, 7) is 3.87. The van der Waals surface area contributed by atoms with Crippen molar-refractivity contribution in [2.75, 3.05) is 0 Å². The molecular formula is C19H20ClNO4. The largest absolute Gasteiger partial charge is 0.456 e. The highest BCUT2D eigenvalue weighted by Gasteiger charge is 2.21. The molecule has 0 amide bonds. The number of halogens is 1. The van der Waals surface area contributed by atoms with E-state index in [0.717, 1.165) is 6.42 Å². The molecule has 1 heterocycles. The lowest BCUT2D eigenvalue weighted by Gasteiger charge is -2.16. The van der Waals surface area contributed by atoms with Gasteiger partial charge in [0.1, 0.15) is 23.0 Å². The van der Waals surface area contributed by atoms with Crippen molar-refractivity contribution in [3.05, 3.63) is 52.7 Å². The Morgan fingerprint density at radius 2 is 1.84 bits per heavy atom. The van der Waals surface area contributed by atoms with E-state index in [9.17, 15) is 9.59 Å². The van der Waals surface area contributed by atoms with Crippen molar-refractivity contribution >= 4 is 40.3 Å². The predicted molar refractivity (Wildman–Crippen MR) is 100 cm³/mol. The third-order valence-electron chi connectivity index (χ3n) is 4.30. The first-order chi connectivity index (χ1) is 11.5. The molecule has 0 fully saturated rings. The molecule has 0 radical (unpaired) electrons. The first kappa shape index (κ1) is 19.0. The molecule has 0 saturated carbocycles. The van der Waals surface area contributed by atoms with Crippen LogP contribution >= 0.6 is 12.4 Å². The summed E-state index contributed by atoms with van der Waals surface area (Å²) >= 11 is 0. The molecule has 0 aliphatic heterocycles. The van der Waals surface area contributed by atoms with Gasteiger partial charge < -0.3 is 14.9 Å². The van der Waals surface area contributed by atoms with Gasteiger partial charge in [0, 0.05) is 6.07 Å². The predicted octanol–water partition coefficient (Wildman–Crippen LogP) is 3.65. The van der Waals surface area contributed by atoms with Crippen molar-refractivity contribution in [2.45, 2.75) is 26.3 Å². The molecular weight excluding hydrogens is 342 g/mol. The number of hydrogen-bond donors (Lipinski definition) is 1. The summed E-state index contributed by atoms with van der Waals surface area (Å²) < 4.78 is 11.1. The monoisotopic (exact) mass is 361 g/mol. The molecule has 2 aromatic carbocycles. The molecule has 0 unspecified atom stereocenters. The normalized spacial score (nSPS) is 13.2. The second-order valence-corrected chi connectivity index (χ2v) is 5.92. The SMILES string of the molecule is CC[C@H](C)[C@H](N)C(=O)Oc1ccc2c(=O)c3ccccc3oc2c1.Cl. The van der Waals surface area contributed by atoms with Crippen molar-refractivity contribution in [3.8, 4) is 5.75 Å². The summed E-state index contributed by atoms with van der Waals surface area (Å²) in [5, 5.41) is 0.966. The molecule has 6 heteroatoms. The number of esters is 1. The third-order valence-corrected chi connectivity index (χ3v) is 4.30. The average Bonchev–Trinajstić information content (AvgIpc) is 2.60. The summed E-state index contributed by atoms with van der Waals surface area (Å²) in [4.78, 5) is 24.6. The van der Waals surface area contributed by atoms with E-state index in [1.165, 1.54) is 0 Å². The van der Waals surface area contributed by atoms with E-state index in [1.54, 1.807) is 42.5 Å². The number of nitrogens with two attached hydrogens (primary N) is 1. The van der Waals surface area contributed by atoms with Gasteiger partial charge in [-0.25, -0.2) is 4.79 Å². The summed E-state index contributed by atoms with van der Waals surface area (Å²) in [6, 6.07) is 11.1. The molecule has 0 spiro atoms. The molecule has 132 valence electrons. The Balaban J connectivity index is 0.00000225. The number of fused-ring (bicyclic) bond motifs is 2. The number of benzene rings is 2. The lowest BCUT2D eigenvalue weighted by molar-refractivity contribution is -0.137. The molecule has 0 bridgehead atoms. The maximum absolute atomic E-state index is 12.5. The van der Waals surface area contributed by atoms with E-state index in [0.29, 0.717) is 27.7 Å². The van der Waals surface area contributed by atoms with Crippen molar-refractivity contribution < 1.29 is 13.9 Å². The van der Waals surface area contributed by atoms with E-state index in [-0.39, 0.29) is 23.8 Å². The Bertz CT molecular complexity index is 966. The summed E-state index contributed by atoms with van der Waals surface area (Å²) in [6.07, 6.45) is 0.787. The Morgan fingerprint density at radius 3 is 2.56 bits per heavy atom. The van der Waals surface area contributed by atoms with Gasteiger partial charge in [0.2, 0.25) is 5.43 Å². The minimum atomic E-state index is -0.686. The average molecular weight is 362 g/mol. The van der Waals surface area contributed by atoms with E-state index in [2.05, 4.69) is 0 Å². The number of rotatable bonds is 4. The zero-order valence-electron chi connectivity index (χ0n) is 14.0. The van der Waals surface area contributed by atoms with Crippen LogP contribution in [-0.2, 0) is 4.79 Å². The van der Waals surface area contributed by atoms with Gasteiger partial charge in [0.15, 0.2) is 0 Å². The number of ether oxygens (including phenoxy) is 1. The molecule has 0 saturated heterocycles. The van der Waals surface area contributed by atoms with Crippen molar-refractivity contribution in [1.29, 1.82) is 0 Å². The number of para-hydroxylation sites is 1. The Labute approximate surface area is 151 Å². The topological polar surface area (TPSA) is 82.5 Å². The molecule has 25 heavy (non-hydrogen) atoms. The Hall–Kier alpha value is -2.37. The van der Waals surface area contributed by atoms with Gasteiger partial charge in [-0.05, 0) is 30.2 Å². The van der Waals surface area contributed by atoms with Crippen LogP contribution in [0.4, 0.5) is 0 Å². The van der Waals surface area contributed by atoms with Crippen LogP contribution in [0.5, 0.6) is 5.75 Å². The summed E-state index contributed by atoms with van der Waals surface area (Å²) in [5.74, 6) is -0.156. The minimum absolute atomic E-state index is 0. The maximum Gasteiger partial charge on any atom is 0.328 e. The highest BCUT2D eigenvalue weighted by Crippen LogP contribution is 2.23. The van der Waals surface area contributed by atoms with Crippen molar-refractivity contribution in [2.24, 2.45) is 11.7 Å². The molecule has 5 nitrogen and oxygen atoms in total. The fourth-order valence-electron chi connectivity index (χ4n) is 2.52. The summed E-state index contributed by atoms with van der Waals surface area (Å²) in [7, 11) is 0. The van der Waals surface area contributed by atoms with Gasteiger partial charge in [-0.3, -0.25) is 4.79 Å². The van der Waals surface area contributed by atoms with E-state index >= 15 is 0 Å². The van der Waals surface area contributed by atoms with Crippen LogP contribution in [0.1, 0.15) is 20.3 Å². The van der Waals surface area contributed by atoms with Crippen LogP contribution in [0.15, 0.2) is 51.7 Å². The van der Waals surface area contributed by atoms with Gasteiger partial charge >= 0.3 is 5.97 Å². The first-order valence-corrected chi connectivity index (χ1v) is 7.94. The molecule has 2 atom stereocenters. The molecule has 3 aromatic rings. The standard InChI is InChI=1S/C19H19NO4.ClH/c1-3-11(2)17(20)19(22)23-12-8-9-14-16(10-12)24-15-7-5-4-6-13(15)18(14)21;/h4-11,17H,3,20H2,1-2H3;1H/t11-,17-;/m0./s1. The van der Waals surface area contributed by atoms with Crippen LogP contribution in [0.25, 0.3) is 21.9 Å². The van der Waals surface area contributed by atoms with Gasteiger partial charge in [0.25, 0.3) is 0 Å². The Kier molecular flexibility index (Phi) is 5.82. The van der Waals surface area contributed by atoms with Gasteiger partial charge in [0.05, 0.1) is 10.8 Å².